The fourth-order valence-corrected chi connectivity index (χ4v) is 3.47. The number of carbonyl (C=O) groups excluding carboxylic acids is 1. The van der Waals surface area contributed by atoms with E-state index in [-0.39, 0.29) is 17.1 Å². The van der Waals surface area contributed by atoms with Gasteiger partial charge in [0, 0.05) is 34.2 Å². The number of aliphatic imine (C=N–C) groups is 1. The maximum atomic E-state index is 13.2. The maximum absolute atomic E-state index is 13.2. The molecule has 0 saturated carbocycles. The van der Waals surface area contributed by atoms with Gasteiger partial charge in [0.25, 0.3) is 5.69 Å². The molecule has 0 amide bonds. The Morgan fingerprint density at radius 3 is 2.03 bits per heavy atom. The molecule has 0 fully saturated rings. The molecule has 3 aromatic rings. The Bertz CT molecular complexity index is 1110. The molecule has 7 heteroatoms. The van der Waals surface area contributed by atoms with E-state index < -0.39 is 22.5 Å². The van der Waals surface area contributed by atoms with Gasteiger partial charge in [-0.1, -0.05) is 78.3 Å². The lowest BCUT2D eigenvalue weighted by molar-refractivity contribution is -0.385. The summed E-state index contributed by atoms with van der Waals surface area (Å²) in [6.45, 7) is 5.31. The predicted octanol–water partition coefficient (Wildman–Crippen LogP) is 6.04. The highest BCUT2D eigenvalue weighted by Gasteiger charge is 2.29. The molecule has 1 atom stereocenters. The molecule has 0 N–H and O–H groups in total. The molecule has 0 spiro atoms. The molecule has 170 valence electrons. The molecule has 0 aliphatic rings. The second-order valence-corrected chi connectivity index (χ2v) is 8.93. The third kappa shape index (κ3) is 6.73. The molecule has 3 rings (SSSR count). The highest BCUT2D eigenvalue weighted by molar-refractivity contribution is 6.30. The van der Waals surface area contributed by atoms with Crippen molar-refractivity contribution in [1.29, 1.82) is 0 Å². The number of nitro groups is 1. The third-order valence-corrected chi connectivity index (χ3v) is 4.95. The topological polar surface area (TPSA) is 81.8 Å². The van der Waals surface area contributed by atoms with Crippen LogP contribution in [0, 0.1) is 10.1 Å². The smallest absolute Gasteiger partial charge is 0.331 e. The number of halogens is 1. The van der Waals surface area contributed by atoms with E-state index in [2.05, 4.69) is 0 Å². The molecular weight excluding hydrogens is 440 g/mol. The highest BCUT2D eigenvalue weighted by Crippen LogP contribution is 2.26. The molecule has 0 aromatic heterocycles. The third-order valence-electron chi connectivity index (χ3n) is 4.72. The van der Waals surface area contributed by atoms with Crippen molar-refractivity contribution in [2.24, 2.45) is 4.99 Å². The number of benzene rings is 3. The minimum atomic E-state index is -1.00. The summed E-state index contributed by atoms with van der Waals surface area (Å²) in [4.78, 5) is 29.1. The van der Waals surface area contributed by atoms with E-state index in [1.165, 1.54) is 6.07 Å². The van der Waals surface area contributed by atoms with E-state index in [0.29, 0.717) is 11.3 Å². The molecule has 3 aromatic carbocycles. The number of rotatable bonds is 7. The first-order chi connectivity index (χ1) is 15.6. The average molecular weight is 465 g/mol. The van der Waals surface area contributed by atoms with Crippen molar-refractivity contribution in [3.05, 3.63) is 111 Å². The van der Waals surface area contributed by atoms with E-state index in [1.54, 1.807) is 32.9 Å². The van der Waals surface area contributed by atoms with Crippen molar-refractivity contribution in [2.75, 3.05) is 0 Å². The minimum absolute atomic E-state index is 0.00837. The first-order valence-corrected chi connectivity index (χ1v) is 10.9. The molecule has 0 bridgehead atoms. The van der Waals surface area contributed by atoms with Gasteiger partial charge in [-0.3, -0.25) is 15.1 Å². The Labute approximate surface area is 198 Å². The Morgan fingerprint density at radius 1 is 1.00 bits per heavy atom. The van der Waals surface area contributed by atoms with E-state index in [1.807, 2.05) is 60.7 Å². The van der Waals surface area contributed by atoms with Crippen LogP contribution in [0.1, 0.15) is 37.5 Å². The SMILES string of the molecule is CC(C)(C)OC(=O)[C@H](Cc1ccc(Cl)cc1[N+](=O)[O-])N=C(c1ccccc1)c1ccccc1. The standard InChI is InChI=1S/C26H25ClN2O4/c1-26(2,3)33-25(30)22(16-20-14-15-21(27)17-23(20)29(31)32)28-24(18-10-6-4-7-11-18)19-12-8-5-9-13-19/h4-15,17,22H,16H2,1-3H3/t22-/m0/s1. The van der Waals surface area contributed by atoms with E-state index in [9.17, 15) is 14.9 Å². The van der Waals surface area contributed by atoms with Crippen LogP contribution < -0.4 is 0 Å². The van der Waals surface area contributed by atoms with Crippen LogP contribution in [0.3, 0.4) is 0 Å². The zero-order chi connectivity index (χ0) is 24.0. The van der Waals surface area contributed by atoms with Crippen molar-refractivity contribution in [2.45, 2.75) is 38.8 Å². The molecule has 0 aliphatic carbocycles. The number of nitro benzene ring substituents is 1. The first kappa shape index (κ1) is 24.1. The summed E-state index contributed by atoms with van der Waals surface area (Å²) in [6, 6.07) is 22.4. The molecule has 0 heterocycles. The van der Waals surface area contributed by atoms with Crippen molar-refractivity contribution >= 4 is 29.0 Å². The summed E-state index contributed by atoms with van der Waals surface area (Å²) < 4.78 is 5.63. The molecular formula is C26H25ClN2O4. The minimum Gasteiger partial charge on any atom is -0.458 e. The summed E-state index contributed by atoms with van der Waals surface area (Å²) in [6.07, 6.45) is -0.00837. The number of esters is 1. The van der Waals surface area contributed by atoms with Crippen LogP contribution in [0.4, 0.5) is 5.69 Å². The molecule has 0 aliphatic heterocycles. The lowest BCUT2D eigenvalue weighted by Gasteiger charge is -2.23. The van der Waals surface area contributed by atoms with Crippen molar-refractivity contribution in [1.82, 2.24) is 0 Å². The maximum Gasteiger partial charge on any atom is 0.331 e. The van der Waals surface area contributed by atoms with Gasteiger partial charge in [-0.05, 0) is 26.8 Å². The van der Waals surface area contributed by atoms with E-state index in [0.717, 1.165) is 11.1 Å². The zero-order valence-corrected chi connectivity index (χ0v) is 19.5. The van der Waals surface area contributed by atoms with Gasteiger partial charge in [-0.2, -0.15) is 0 Å². The Balaban J connectivity index is 2.13. The second kappa shape index (κ2) is 10.4. The van der Waals surface area contributed by atoms with Crippen LogP contribution in [0.2, 0.25) is 5.02 Å². The van der Waals surface area contributed by atoms with Gasteiger partial charge in [0.1, 0.15) is 5.60 Å². The van der Waals surface area contributed by atoms with Gasteiger partial charge >= 0.3 is 5.97 Å². The van der Waals surface area contributed by atoms with Crippen LogP contribution in [-0.2, 0) is 16.0 Å². The van der Waals surface area contributed by atoms with Crippen LogP contribution in [0.25, 0.3) is 0 Å². The molecule has 33 heavy (non-hydrogen) atoms. The van der Waals surface area contributed by atoms with Gasteiger partial charge < -0.3 is 4.74 Å². The van der Waals surface area contributed by atoms with Gasteiger partial charge in [0.05, 0.1) is 10.6 Å². The first-order valence-electron chi connectivity index (χ1n) is 10.5. The van der Waals surface area contributed by atoms with Crippen molar-refractivity contribution < 1.29 is 14.5 Å². The van der Waals surface area contributed by atoms with E-state index in [4.69, 9.17) is 21.3 Å². The van der Waals surface area contributed by atoms with Crippen molar-refractivity contribution in [3.63, 3.8) is 0 Å². The number of carbonyl (C=O) groups is 1. The summed E-state index contributed by atoms with van der Waals surface area (Å²) in [7, 11) is 0. The van der Waals surface area contributed by atoms with Crippen molar-refractivity contribution in [3.8, 4) is 0 Å². The number of hydrogen-bond donors (Lipinski definition) is 0. The Hall–Kier alpha value is -3.51. The number of hydrogen-bond acceptors (Lipinski definition) is 5. The average Bonchev–Trinajstić information content (AvgIpc) is 2.77. The second-order valence-electron chi connectivity index (χ2n) is 8.49. The molecule has 0 saturated heterocycles. The molecule has 6 nitrogen and oxygen atoms in total. The monoisotopic (exact) mass is 464 g/mol. The summed E-state index contributed by atoms with van der Waals surface area (Å²) in [5, 5.41) is 11.9. The van der Waals surface area contributed by atoms with Gasteiger partial charge in [0.2, 0.25) is 0 Å². The van der Waals surface area contributed by atoms with Crippen LogP contribution in [0.5, 0.6) is 0 Å². The molecule has 0 unspecified atom stereocenters. The molecule has 0 radical (unpaired) electrons. The summed E-state index contributed by atoms with van der Waals surface area (Å²) in [5.41, 5.74) is 1.70. The summed E-state index contributed by atoms with van der Waals surface area (Å²) in [5.74, 6) is -0.559. The highest BCUT2D eigenvalue weighted by atomic mass is 35.5. The largest absolute Gasteiger partial charge is 0.458 e. The summed E-state index contributed by atoms with van der Waals surface area (Å²) >= 11 is 5.97. The van der Waals surface area contributed by atoms with Gasteiger partial charge in [0.15, 0.2) is 6.04 Å². The van der Waals surface area contributed by atoms with Crippen LogP contribution in [-0.4, -0.2) is 28.2 Å². The predicted molar refractivity (Wildman–Crippen MR) is 130 cm³/mol. The quantitative estimate of drug-likeness (QED) is 0.185. The lowest BCUT2D eigenvalue weighted by Crippen LogP contribution is -2.33. The fourth-order valence-electron chi connectivity index (χ4n) is 3.30. The van der Waals surface area contributed by atoms with Gasteiger partial charge in [-0.15, -0.1) is 0 Å². The van der Waals surface area contributed by atoms with Crippen LogP contribution >= 0.6 is 11.6 Å². The Kier molecular flexibility index (Phi) is 7.61. The normalized spacial score (nSPS) is 12.0. The lowest BCUT2D eigenvalue weighted by atomic mass is 10.00. The zero-order valence-electron chi connectivity index (χ0n) is 18.7. The fraction of sp³-hybridized carbons (Fsp3) is 0.231. The Morgan fingerprint density at radius 2 is 1.55 bits per heavy atom. The number of ether oxygens (including phenoxy) is 1. The van der Waals surface area contributed by atoms with Gasteiger partial charge in [-0.25, -0.2) is 4.79 Å². The van der Waals surface area contributed by atoms with E-state index >= 15 is 0 Å². The number of nitrogens with zero attached hydrogens (tertiary/aromatic N) is 2. The van der Waals surface area contributed by atoms with Crippen LogP contribution in [0.15, 0.2) is 83.9 Å².